The lowest BCUT2D eigenvalue weighted by atomic mass is 10.0. The predicted molar refractivity (Wildman–Crippen MR) is 105 cm³/mol. The van der Waals surface area contributed by atoms with Gasteiger partial charge in [-0.05, 0) is 11.6 Å². The molecule has 29 heavy (non-hydrogen) atoms. The topological polar surface area (TPSA) is 166 Å². The smallest absolute Gasteiger partial charge is 0.322 e. The molecule has 7 N–H and O–H groups in total. The molecule has 2 atom stereocenters. The molecule has 0 saturated carbocycles. The first-order valence-corrected chi connectivity index (χ1v) is 9.01. The molecule has 10 heteroatoms. The summed E-state index contributed by atoms with van der Waals surface area (Å²) in [4.78, 5) is 45.7. The zero-order valence-corrected chi connectivity index (χ0v) is 15.5. The second kappa shape index (κ2) is 9.02. The molecule has 0 aliphatic carbocycles. The molecule has 0 fully saturated rings. The zero-order chi connectivity index (χ0) is 20.8. The van der Waals surface area contributed by atoms with Crippen molar-refractivity contribution in [2.45, 2.75) is 24.9 Å². The Bertz CT molecular complexity index is 997. The summed E-state index contributed by atoms with van der Waals surface area (Å²) < 4.78 is 0. The van der Waals surface area contributed by atoms with Gasteiger partial charge in [-0.15, -0.1) is 0 Å². The number of amides is 2. The van der Waals surface area contributed by atoms with Crippen molar-refractivity contribution >= 4 is 28.7 Å². The molecule has 0 saturated heterocycles. The number of carbonyl (C=O) groups excluding carboxylic acids is 2. The summed E-state index contributed by atoms with van der Waals surface area (Å²) in [6, 6.07) is 5.69. The van der Waals surface area contributed by atoms with Gasteiger partial charge in [-0.3, -0.25) is 14.4 Å². The van der Waals surface area contributed by atoms with Gasteiger partial charge in [-0.25, -0.2) is 4.98 Å². The number of H-pyrrole nitrogens is 2. The molecular weight excluding hydrogens is 376 g/mol. The summed E-state index contributed by atoms with van der Waals surface area (Å²) in [5, 5.41) is 14.7. The van der Waals surface area contributed by atoms with Gasteiger partial charge >= 0.3 is 5.97 Å². The number of aliphatic carboxylic acids is 1. The summed E-state index contributed by atoms with van der Waals surface area (Å²) in [6.45, 7) is -0.542. The van der Waals surface area contributed by atoms with E-state index in [0.29, 0.717) is 5.69 Å². The fourth-order valence-electron chi connectivity index (χ4n) is 3.02. The van der Waals surface area contributed by atoms with Gasteiger partial charge in [0.05, 0.1) is 12.4 Å². The quantitative estimate of drug-likeness (QED) is 0.289. The van der Waals surface area contributed by atoms with E-state index in [4.69, 9.17) is 10.8 Å². The molecule has 3 rings (SSSR count). The number of rotatable bonds is 9. The van der Waals surface area contributed by atoms with E-state index in [1.807, 2.05) is 24.3 Å². The van der Waals surface area contributed by atoms with Crippen molar-refractivity contribution in [1.29, 1.82) is 0 Å². The number of aromatic amines is 2. The van der Waals surface area contributed by atoms with E-state index in [-0.39, 0.29) is 12.8 Å². The van der Waals surface area contributed by atoms with Crippen LogP contribution < -0.4 is 16.4 Å². The van der Waals surface area contributed by atoms with E-state index in [9.17, 15) is 14.4 Å². The minimum atomic E-state index is -1.17. The highest BCUT2D eigenvalue weighted by Gasteiger charge is 2.25. The number of fused-ring (bicyclic) bond motifs is 1. The largest absolute Gasteiger partial charge is 0.480 e. The van der Waals surface area contributed by atoms with Crippen LogP contribution in [0.1, 0.15) is 11.3 Å². The average molecular weight is 398 g/mol. The number of hydrogen-bond acceptors (Lipinski definition) is 5. The first-order valence-electron chi connectivity index (χ1n) is 9.01. The molecule has 1 aromatic carbocycles. The lowest BCUT2D eigenvalue weighted by Gasteiger charge is -2.20. The van der Waals surface area contributed by atoms with Gasteiger partial charge in [-0.1, -0.05) is 18.2 Å². The molecule has 0 radical (unpaired) electrons. The Morgan fingerprint density at radius 2 is 1.93 bits per heavy atom. The number of carboxylic acids is 1. The minimum Gasteiger partial charge on any atom is -0.480 e. The van der Waals surface area contributed by atoms with Crippen molar-refractivity contribution in [3.63, 3.8) is 0 Å². The van der Waals surface area contributed by atoms with Crippen molar-refractivity contribution in [2.75, 3.05) is 6.54 Å². The van der Waals surface area contributed by atoms with Crippen LogP contribution in [-0.2, 0) is 27.2 Å². The second-order valence-electron chi connectivity index (χ2n) is 6.62. The SMILES string of the molecule is N[C@@H](Cc1cnc[nH]1)C(=O)N[C@@H](Cc1c[nH]c2ccccc12)C(=O)NCC(=O)O. The third-order valence-electron chi connectivity index (χ3n) is 4.48. The van der Waals surface area contributed by atoms with Crippen molar-refractivity contribution in [1.82, 2.24) is 25.6 Å². The van der Waals surface area contributed by atoms with Crippen LogP contribution in [0, 0.1) is 0 Å². The van der Waals surface area contributed by atoms with Gasteiger partial charge in [0, 0.05) is 41.8 Å². The molecule has 0 aliphatic heterocycles. The Morgan fingerprint density at radius 3 is 2.66 bits per heavy atom. The normalized spacial score (nSPS) is 13.0. The molecule has 10 nitrogen and oxygen atoms in total. The highest BCUT2D eigenvalue weighted by Crippen LogP contribution is 2.19. The summed E-state index contributed by atoms with van der Waals surface area (Å²) in [6.07, 6.45) is 5.22. The molecule has 2 aromatic heterocycles. The maximum absolute atomic E-state index is 12.5. The third-order valence-corrected chi connectivity index (χ3v) is 4.48. The van der Waals surface area contributed by atoms with Crippen LogP contribution in [0.5, 0.6) is 0 Å². The predicted octanol–water partition coefficient (Wildman–Crippen LogP) is -0.311. The van der Waals surface area contributed by atoms with Crippen molar-refractivity contribution < 1.29 is 19.5 Å². The summed E-state index contributed by atoms with van der Waals surface area (Å²) in [5.41, 5.74) is 8.36. The van der Waals surface area contributed by atoms with Gasteiger partial charge in [-0.2, -0.15) is 0 Å². The van der Waals surface area contributed by atoms with Gasteiger partial charge in [0.1, 0.15) is 12.6 Å². The van der Waals surface area contributed by atoms with Gasteiger partial charge < -0.3 is 31.4 Å². The molecule has 0 aliphatic rings. The van der Waals surface area contributed by atoms with E-state index in [0.717, 1.165) is 16.5 Å². The number of nitrogens with one attached hydrogen (secondary N) is 4. The molecule has 2 amide bonds. The zero-order valence-electron chi connectivity index (χ0n) is 15.5. The number of para-hydroxylation sites is 1. The van der Waals surface area contributed by atoms with E-state index >= 15 is 0 Å². The van der Waals surface area contributed by atoms with E-state index in [2.05, 4.69) is 25.6 Å². The fourth-order valence-corrected chi connectivity index (χ4v) is 3.02. The van der Waals surface area contributed by atoms with Gasteiger partial charge in [0.15, 0.2) is 0 Å². The molecule has 0 unspecified atom stereocenters. The van der Waals surface area contributed by atoms with Gasteiger partial charge in [0.2, 0.25) is 11.8 Å². The Hall–Kier alpha value is -3.66. The second-order valence-corrected chi connectivity index (χ2v) is 6.62. The number of hydrogen-bond donors (Lipinski definition) is 6. The molecule has 3 aromatic rings. The number of benzene rings is 1. The van der Waals surface area contributed by atoms with E-state index < -0.39 is 36.4 Å². The maximum Gasteiger partial charge on any atom is 0.322 e. The summed E-state index contributed by atoms with van der Waals surface area (Å²) in [7, 11) is 0. The van der Waals surface area contributed by atoms with Crippen LogP contribution in [0.4, 0.5) is 0 Å². The highest BCUT2D eigenvalue weighted by atomic mass is 16.4. The van der Waals surface area contributed by atoms with Crippen LogP contribution in [-0.4, -0.2) is 56.5 Å². The van der Waals surface area contributed by atoms with Crippen molar-refractivity contribution in [3.8, 4) is 0 Å². The number of aromatic nitrogens is 3. The summed E-state index contributed by atoms with van der Waals surface area (Å²) >= 11 is 0. The van der Waals surface area contributed by atoms with Crippen LogP contribution in [0.3, 0.4) is 0 Å². The van der Waals surface area contributed by atoms with Crippen molar-refractivity contribution in [2.24, 2.45) is 5.73 Å². The first kappa shape index (κ1) is 20.1. The first-order chi connectivity index (χ1) is 13.9. The van der Waals surface area contributed by atoms with Crippen LogP contribution in [0.15, 0.2) is 43.0 Å². The highest BCUT2D eigenvalue weighted by molar-refractivity contribution is 5.92. The molecule has 152 valence electrons. The third kappa shape index (κ3) is 5.20. The number of imidazole rings is 1. The maximum atomic E-state index is 12.5. The molecule has 2 heterocycles. The standard InChI is InChI=1S/C19H22N6O4/c20-14(6-12-8-21-10-24-12)18(28)25-16(19(29)23-9-17(26)27)5-11-7-22-15-4-2-1-3-13(11)15/h1-4,7-8,10,14,16,22H,5-6,9,20H2,(H,21,24)(H,23,29)(H,25,28)(H,26,27)/t14-,16-/m0/s1. The summed E-state index contributed by atoms with van der Waals surface area (Å²) in [5.74, 6) is -2.29. The fraction of sp³-hybridized carbons (Fsp3) is 0.263. The molecular formula is C19H22N6O4. The van der Waals surface area contributed by atoms with Crippen LogP contribution >= 0.6 is 0 Å². The van der Waals surface area contributed by atoms with Gasteiger partial charge in [0.25, 0.3) is 0 Å². The Kier molecular flexibility index (Phi) is 6.25. The lowest BCUT2D eigenvalue weighted by Crippen LogP contribution is -2.53. The lowest BCUT2D eigenvalue weighted by molar-refractivity contribution is -0.138. The molecule has 0 spiro atoms. The van der Waals surface area contributed by atoms with E-state index in [1.54, 1.807) is 12.4 Å². The van der Waals surface area contributed by atoms with E-state index in [1.165, 1.54) is 6.33 Å². The number of carbonyl (C=O) groups is 3. The van der Waals surface area contributed by atoms with Crippen LogP contribution in [0.25, 0.3) is 10.9 Å². The number of nitrogens with zero attached hydrogens (tertiary/aromatic N) is 1. The Balaban J connectivity index is 1.74. The molecule has 0 bridgehead atoms. The van der Waals surface area contributed by atoms with Crippen LogP contribution in [0.2, 0.25) is 0 Å². The Labute approximate surface area is 165 Å². The Morgan fingerprint density at radius 1 is 1.14 bits per heavy atom. The van der Waals surface area contributed by atoms with Crippen molar-refractivity contribution in [3.05, 3.63) is 54.2 Å². The number of carboxylic acid groups (broad SMARTS) is 1. The minimum absolute atomic E-state index is 0.179. The average Bonchev–Trinajstić information content (AvgIpc) is 3.35. The monoisotopic (exact) mass is 398 g/mol. The number of nitrogens with two attached hydrogens (primary N) is 1.